The number of aromatic nitrogens is 2. The molecular formula is C12H12BrN3O3. The summed E-state index contributed by atoms with van der Waals surface area (Å²) in [6.07, 6.45) is 0. The van der Waals surface area contributed by atoms with Crippen LogP contribution in [-0.4, -0.2) is 41.6 Å². The Hall–Kier alpha value is -1.60. The number of morpholine rings is 1. The van der Waals surface area contributed by atoms with Crippen molar-refractivity contribution >= 4 is 21.9 Å². The lowest BCUT2D eigenvalue weighted by atomic mass is 10.2. The molecular weight excluding hydrogens is 314 g/mol. The summed E-state index contributed by atoms with van der Waals surface area (Å²) in [6.45, 7) is 2.85. The van der Waals surface area contributed by atoms with Gasteiger partial charge in [0.1, 0.15) is 5.75 Å². The maximum absolute atomic E-state index is 9.65. The van der Waals surface area contributed by atoms with E-state index < -0.39 is 0 Å². The van der Waals surface area contributed by atoms with Gasteiger partial charge in [-0.25, -0.2) is 0 Å². The second kappa shape index (κ2) is 5.18. The first kappa shape index (κ1) is 12.4. The standard InChI is InChI=1S/C12H12BrN3O3/c13-9-2-1-8(7-10(9)17)11-14-12(15-19-11)16-3-5-18-6-4-16/h1-2,7,17H,3-6H2. The van der Waals surface area contributed by atoms with Crippen molar-refractivity contribution in [3.63, 3.8) is 0 Å². The average Bonchev–Trinajstić information content (AvgIpc) is 2.93. The second-order valence-electron chi connectivity index (χ2n) is 4.17. The normalized spacial score (nSPS) is 15.7. The minimum absolute atomic E-state index is 0.142. The van der Waals surface area contributed by atoms with E-state index in [1.165, 1.54) is 0 Å². The highest BCUT2D eigenvalue weighted by Crippen LogP contribution is 2.29. The molecule has 6 nitrogen and oxygen atoms in total. The van der Waals surface area contributed by atoms with Gasteiger partial charge >= 0.3 is 0 Å². The molecule has 2 heterocycles. The smallest absolute Gasteiger partial charge is 0.266 e. The Labute approximate surface area is 118 Å². The molecule has 0 atom stereocenters. The Balaban J connectivity index is 1.85. The Morgan fingerprint density at radius 1 is 1.26 bits per heavy atom. The Morgan fingerprint density at radius 3 is 2.79 bits per heavy atom. The molecule has 7 heteroatoms. The third-order valence-corrected chi connectivity index (χ3v) is 3.57. The van der Waals surface area contributed by atoms with Crippen LogP contribution in [0.1, 0.15) is 0 Å². The van der Waals surface area contributed by atoms with Crippen LogP contribution in [0.25, 0.3) is 11.5 Å². The first-order valence-corrected chi connectivity index (χ1v) is 6.68. The monoisotopic (exact) mass is 325 g/mol. The molecule has 1 aromatic carbocycles. The van der Waals surface area contributed by atoms with Crippen LogP contribution >= 0.6 is 15.9 Å². The van der Waals surface area contributed by atoms with Gasteiger partial charge < -0.3 is 19.3 Å². The van der Waals surface area contributed by atoms with E-state index in [9.17, 15) is 5.11 Å². The second-order valence-corrected chi connectivity index (χ2v) is 5.02. The maximum atomic E-state index is 9.65. The summed E-state index contributed by atoms with van der Waals surface area (Å²) < 4.78 is 11.1. The highest BCUT2D eigenvalue weighted by atomic mass is 79.9. The first-order valence-electron chi connectivity index (χ1n) is 5.89. The fraction of sp³-hybridized carbons (Fsp3) is 0.333. The molecule has 1 aromatic heterocycles. The molecule has 1 N–H and O–H groups in total. The number of rotatable bonds is 2. The maximum Gasteiger partial charge on any atom is 0.266 e. The lowest BCUT2D eigenvalue weighted by Crippen LogP contribution is -2.36. The number of phenolic OH excluding ortho intramolecular Hbond substituents is 1. The van der Waals surface area contributed by atoms with Gasteiger partial charge in [0.25, 0.3) is 11.8 Å². The number of nitrogens with zero attached hydrogens (tertiary/aromatic N) is 3. The van der Waals surface area contributed by atoms with Crippen LogP contribution in [0.15, 0.2) is 27.2 Å². The number of ether oxygens (including phenoxy) is 1. The van der Waals surface area contributed by atoms with Crippen LogP contribution in [0.3, 0.4) is 0 Å². The van der Waals surface area contributed by atoms with Gasteiger partial charge in [-0.1, -0.05) is 0 Å². The van der Waals surface area contributed by atoms with E-state index in [2.05, 4.69) is 26.1 Å². The van der Waals surface area contributed by atoms with Gasteiger partial charge in [-0.05, 0) is 39.3 Å². The van der Waals surface area contributed by atoms with Gasteiger partial charge in [-0.15, -0.1) is 0 Å². The van der Waals surface area contributed by atoms with E-state index in [1.807, 2.05) is 4.90 Å². The zero-order valence-electron chi connectivity index (χ0n) is 10.0. The molecule has 0 unspecified atom stereocenters. The quantitative estimate of drug-likeness (QED) is 0.911. The van der Waals surface area contributed by atoms with E-state index in [1.54, 1.807) is 18.2 Å². The highest BCUT2D eigenvalue weighted by Gasteiger charge is 2.18. The van der Waals surface area contributed by atoms with Gasteiger partial charge in [-0.3, -0.25) is 0 Å². The molecule has 2 aromatic rings. The number of halogens is 1. The summed E-state index contributed by atoms with van der Waals surface area (Å²) in [7, 11) is 0. The first-order chi connectivity index (χ1) is 9.24. The Morgan fingerprint density at radius 2 is 2.05 bits per heavy atom. The topological polar surface area (TPSA) is 71.6 Å². The molecule has 1 saturated heterocycles. The molecule has 1 aliphatic rings. The predicted octanol–water partition coefficient (Wildman–Crippen LogP) is 2.04. The van der Waals surface area contributed by atoms with E-state index in [-0.39, 0.29) is 5.75 Å². The van der Waals surface area contributed by atoms with Crippen molar-refractivity contribution in [3.8, 4) is 17.2 Å². The average molecular weight is 326 g/mol. The number of benzene rings is 1. The zero-order valence-corrected chi connectivity index (χ0v) is 11.6. The molecule has 1 fully saturated rings. The van der Waals surface area contributed by atoms with Crippen LogP contribution in [-0.2, 0) is 4.74 Å². The molecule has 1 aliphatic heterocycles. The van der Waals surface area contributed by atoms with Gasteiger partial charge in [0.2, 0.25) is 0 Å². The minimum atomic E-state index is 0.142. The van der Waals surface area contributed by atoms with Crippen molar-refractivity contribution in [3.05, 3.63) is 22.7 Å². The molecule has 0 saturated carbocycles. The molecule has 0 aliphatic carbocycles. The van der Waals surface area contributed by atoms with Crippen LogP contribution in [0.5, 0.6) is 5.75 Å². The fourth-order valence-electron chi connectivity index (χ4n) is 1.87. The number of anilines is 1. The molecule has 0 radical (unpaired) electrons. The van der Waals surface area contributed by atoms with Crippen molar-refractivity contribution in [2.24, 2.45) is 0 Å². The van der Waals surface area contributed by atoms with Crippen molar-refractivity contribution in [2.45, 2.75) is 0 Å². The zero-order chi connectivity index (χ0) is 13.2. The van der Waals surface area contributed by atoms with E-state index in [0.717, 1.165) is 13.1 Å². The largest absolute Gasteiger partial charge is 0.507 e. The van der Waals surface area contributed by atoms with Crippen LogP contribution in [0.2, 0.25) is 0 Å². The number of phenols is 1. The van der Waals surface area contributed by atoms with Gasteiger partial charge in [0.15, 0.2) is 0 Å². The molecule has 100 valence electrons. The molecule has 0 amide bonds. The van der Waals surface area contributed by atoms with Crippen molar-refractivity contribution in [2.75, 3.05) is 31.2 Å². The van der Waals surface area contributed by atoms with Crippen LogP contribution < -0.4 is 4.90 Å². The van der Waals surface area contributed by atoms with E-state index >= 15 is 0 Å². The third-order valence-electron chi connectivity index (χ3n) is 2.90. The summed E-state index contributed by atoms with van der Waals surface area (Å²) in [6, 6.07) is 5.13. The van der Waals surface area contributed by atoms with Crippen molar-refractivity contribution in [1.29, 1.82) is 0 Å². The van der Waals surface area contributed by atoms with E-state index in [0.29, 0.717) is 35.1 Å². The fourth-order valence-corrected chi connectivity index (χ4v) is 2.12. The highest BCUT2D eigenvalue weighted by molar-refractivity contribution is 9.10. The lowest BCUT2D eigenvalue weighted by Gasteiger charge is -2.24. The SMILES string of the molecule is Oc1cc(-c2nc(N3CCOCC3)no2)ccc1Br. The van der Waals surface area contributed by atoms with Gasteiger partial charge in [0.05, 0.1) is 17.7 Å². The number of aromatic hydroxyl groups is 1. The number of hydrogen-bond acceptors (Lipinski definition) is 6. The van der Waals surface area contributed by atoms with Crippen LogP contribution in [0.4, 0.5) is 5.95 Å². The number of hydrogen-bond donors (Lipinski definition) is 1. The van der Waals surface area contributed by atoms with Crippen molar-refractivity contribution < 1.29 is 14.4 Å². The Bertz CT molecular complexity index is 581. The molecule has 3 rings (SSSR count). The summed E-state index contributed by atoms with van der Waals surface area (Å²) in [5.74, 6) is 1.09. The molecule has 0 bridgehead atoms. The van der Waals surface area contributed by atoms with Gasteiger partial charge in [0, 0.05) is 18.7 Å². The summed E-state index contributed by atoms with van der Waals surface area (Å²) in [5.41, 5.74) is 0.688. The molecule has 19 heavy (non-hydrogen) atoms. The summed E-state index contributed by atoms with van der Waals surface area (Å²) >= 11 is 3.23. The predicted molar refractivity (Wildman–Crippen MR) is 72.1 cm³/mol. The molecule has 0 spiro atoms. The minimum Gasteiger partial charge on any atom is -0.507 e. The summed E-state index contributed by atoms with van der Waals surface area (Å²) in [4.78, 5) is 6.35. The van der Waals surface area contributed by atoms with Crippen LogP contribution in [0, 0.1) is 0 Å². The lowest BCUT2D eigenvalue weighted by molar-refractivity contribution is 0.121. The Kier molecular flexibility index (Phi) is 3.39. The van der Waals surface area contributed by atoms with Crippen molar-refractivity contribution in [1.82, 2.24) is 10.1 Å². The third kappa shape index (κ3) is 2.57. The van der Waals surface area contributed by atoms with E-state index in [4.69, 9.17) is 9.26 Å². The summed E-state index contributed by atoms with van der Waals surface area (Å²) in [5, 5.41) is 13.6. The van der Waals surface area contributed by atoms with Gasteiger partial charge in [-0.2, -0.15) is 4.98 Å².